The van der Waals surface area contributed by atoms with Crippen LogP contribution in [0.4, 0.5) is 4.39 Å². The van der Waals surface area contributed by atoms with E-state index in [1.54, 1.807) is 35.3 Å². The summed E-state index contributed by atoms with van der Waals surface area (Å²) in [5.41, 5.74) is 3.42. The number of hydrogen-bond donors (Lipinski definition) is 1. The lowest BCUT2D eigenvalue weighted by Gasteiger charge is -2.16. The van der Waals surface area contributed by atoms with Crippen molar-refractivity contribution in [2.75, 3.05) is 7.11 Å². The summed E-state index contributed by atoms with van der Waals surface area (Å²) in [6, 6.07) is 17.7. The third-order valence-electron chi connectivity index (χ3n) is 4.55. The predicted molar refractivity (Wildman–Crippen MR) is 107 cm³/mol. The summed E-state index contributed by atoms with van der Waals surface area (Å²) < 4.78 is 20.2. The number of aliphatic hydroxyl groups excluding tert-OH is 1. The van der Waals surface area contributed by atoms with Crippen LogP contribution in [0.25, 0.3) is 22.6 Å². The number of imidazole rings is 1. The Morgan fingerprint density at radius 1 is 1.03 bits per heavy atom. The average Bonchev–Trinajstić information content (AvgIpc) is 3.20. The molecule has 29 heavy (non-hydrogen) atoms. The second kappa shape index (κ2) is 8.20. The summed E-state index contributed by atoms with van der Waals surface area (Å²) in [4.78, 5) is 12.9. The van der Waals surface area contributed by atoms with E-state index in [2.05, 4.69) is 15.0 Å². The van der Waals surface area contributed by atoms with Crippen LogP contribution in [0.5, 0.6) is 6.01 Å². The molecule has 2 aromatic carbocycles. The number of halogens is 1. The van der Waals surface area contributed by atoms with Crippen molar-refractivity contribution >= 4 is 0 Å². The molecule has 1 unspecified atom stereocenters. The molecular weight excluding hydrogens is 371 g/mol. The lowest BCUT2D eigenvalue weighted by Crippen LogP contribution is -2.12. The molecule has 0 radical (unpaired) electrons. The highest BCUT2D eigenvalue weighted by Crippen LogP contribution is 2.33. The van der Waals surface area contributed by atoms with Crippen LogP contribution in [0.3, 0.4) is 0 Å². The van der Waals surface area contributed by atoms with Gasteiger partial charge in [0.1, 0.15) is 12.0 Å². The Morgan fingerprint density at radius 3 is 2.52 bits per heavy atom. The minimum absolute atomic E-state index is 0.206. The number of aliphatic hydroxyl groups is 1. The summed E-state index contributed by atoms with van der Waals surface area (Å²) in [6.45, 7) is 0. The summed E-state index contributed by atoms with van der Waals surface area (Å²) in [7, 11) is 1.49. The Morgan fingerprint density at radius 2 is 1.79 bits per heavy atom. The second-order valence-electron chi connectivity index (χ2n) is 6.45. The standard InChI is InChI=1S/C22H19FN4O2/c1-29-22-24-12-11-18(26-22)21-20(16-7-9-17(23)10-8-16)25-14-27(21)19(28)13-15-5-3-2-4-6-15/h2-12,14,19,28H,13H2,1H3. The molecule has 0 fully saturated rings. The van der Waals surface area contributed by atoms with Crippen LogP contribution in [0.2, 0.25) is 0 Å². The van der Waals surface area contributed by atoms with E-state index >= 15 is 0 Å². The van der Waals surface area contributed by atoms with Crippen molar-refractivity contribution in [2.45, 2.75) is 12.6 Å². The van der Waals surface area contributed by atoms with Gasteiger partial charge in [-0.05, 0) is 35.9 Å². The zero-order valence-corrected chi connectivity index (χ0v) is 15.7. The molecule has 0 bridgehead atoms. The van der Waals surface area contributed by atoms with E-state index in [0.717, 1.165) is 5.56 Å². The van der Waals surface area contributed by atoms with Crippen LogP contribution in [0.1, 0.15) is 11.8 Å². The summed E-state index contributed by atoms with van der Waals surface area (Å²) in [5.74, 6) is -0.331. The zero-order chi connectivity index (χ0) is 20.2. The molecule has 0 saturated carbocycles. The largest absolute Gasteiger partial charge is 0.467 e. The maximum Gasteiger partial charge on any atom is 0.316 e. The van der Waals surface area contributed by atoms with Crippen LogP contribution in [-0.4, -0.2) is 31.7 Å². The molecule has 1 atom stereocenters. The molecule has 2 heterocycles. The van der Waals surface area contributed by atoms with Crippen LogP contribution >= 0.6 is 0 Å². The molecule has 0 aliphatic heterocycles. The number of rotatable bonds is 6. The molecule has 0 saturated heterocycles. The van der Waals surface area contributed by atoms with Gasteiger partial charge in [0.2, 0.25) is 0 Å². The third kappa shape index (κ3) is 4.00. The van der Waals surface area contributed by atoms with Crippen molar-refractivity contribution in [2.24, 2.45) is 0 Å². The second-order valence-corrected chi connectivity index (χ2v) is 6.45. The SMILES string of the molecule is COc1nccc(-c2c(-c3ccc(F)cc3)ncn2C(O)Cc2ccccc2)n1. The van der Waals surface area contributed by atoms with Gasteiger partial charge in [0.15, 0.2) is 0 Å². The number of aromatic nitrogens is 4. The topological polar surface area (TPSA) is 73.1 Å². The van der Waals surface area contributed by atoms with Crippen molar-refractivity contribution in [1.29, 1.82) is 0 Å². The summed E-state index contributed by atoms with van der Waals surface area (Å²) in [5, 5.41) is 10.9. The highest BCUT2D eigenvalue weighted by molar-refractivity contribution is 5.76. The van der Waals surface area contributed by atoms with Gasteiger partial charge in [0, 0.05) is 18.2 Å². The third-order valence-corrected chi connectivity index (χ3v) is 4.55. The van der Waals surface area contributed by atoms with Crippen LogP contribution < -0.4 is 4.74 Å². The number of hydrogen-bond acceptors (Lipinski definition) is 5. The maximum absolute atomic E-state index is 13.4. The van der Waals surface area contributed by atoms with E-state index in [1.165, 1.54) is 19.2 Å². The molecule has 4 rings (SSSR count). The van der Waals surface area contributed by atoms with E-state index < -0.39 is 6.23 Å². The summed E-state index contributed by atoms with van der Waals surface area (Å²) in [6.07, 6.45) is 2.68. The van der Waals surface area contributed by atoms with Gasteiger partial charge in [-0.3, -0.25) is 0 Å². The van der Waals surface area contributed by atoms with Crippen molar-refractivity contribution < 1.29 is 14.2 Å². The van der Waals surface area contributed by atoms with Crippen LogP contribution in [0, 0.1) is 5.82 Å². The van der Waals surface area contributed by atoms with Gasteiger partial charge in [-0.15, -0.1) is 0 Å². The first-order valence-corrected chi connectivity index (χ1v) is 9.08. The number of methoxy groups -OCH3 is 1. The molecule has 0 aliphatic rings. The van der Waals surface area contributed by atoms with Crippen molar-refractivity contribution in [1.82, 2.24) is 19.5 Å². The molecule has 146 valence electrons. The van der Waals surface area contributed by atoms with E-state index in [-0.39, 0.29) is 11.8 Å². The monoisotopic (exact) mass is 390 g/mol. The molecule has 6 nitrogen and oxygen atoms in total. The van der Waals surface area contributed by atoms with E-state index in [4.69, 9.17) is 4.74 Å². The highest BCUT2D eigenvalue weighted by Gasteiger charge is 2.21. The van der Waals surface area contributed by atoms with Gasteiger partial charge in [0.25, 0.3) is 0 Å². The Bertz CT molecular complexity index is 1100. The molecule has 1 N–H and O–H groups in total. The maximum atomic E-state index is 13.4. The van der Waals surface area contributed by atoms with Crippen molar-refractivity contribution in [3.05, 3.63) is 84.6 Å². The first-order valence-electron chi connectivity index (χ1n) is 9.08. The number of ether oxygens (including phenoxy) is 1. The Balaban J connectivity index is 1.81. The Hall–Kier alpha value is -3.58. The first kappa shape index (κ1) is 18.8. The van der Waals surface area contributed by atoms with Gasteiger partial charge < -0.3 is 14.4 Å². The first-order chi connectivity index (χ1) is 14.2. The molecule has 0 spiro atoms. The van der Waals surface area contributed by atoms with Crippen molar-refractivity contribution in [3.63, 3.8) is 0 Å². The fourth-order valence-corrected chi connectivity index (χ4v) is 3.15. The molecule has 0 amide bonds. The zero-order valence-electron chi connectivity index (χ0n) is 15.7. The van der Waals surface area contributed by atoms with Gasteiger partial charge in [0.05, 0.1) is 30.5 Å². The van der Waals surface area contributed by atoms with Crippen molar-refractivity contribution in [3.8, 4) is 28.7 Å². The predicted octanol–water partition coefficient (Wildman–Crippen LogP) is 3.89. The molecule has 2 aromatic heterocycles. The van der Waals surface area contributed by atoms with E-state index in [9.17, 15) is 9.50 Å². The lowest BCUT2D eigenvalue weighted by molar-refractivity contribution is 0.106. The molecule has 0 aliphatic carbocycles. The number of nitrogens with zero attached hydrogens (tertiary/aromatic N) is 4. The molecular formula is C22H19FN4O2. The van der Waals surface area contributed by atoms with Gasteiger partial charge >= 0.3 is 6.01 Å². The smallest absolute Gasteiger partial charge is 0.316 e. The minimum atomic E-state index is -0.866. The fourth-order valence-electron chi connectivity index (χ4n) is 3.15. The van der Waals surface area contributed by atoms with Crippen LogP contribution in [0.15, 0.2) is 73.2 Å². The highest BCUT2D eigenvalue weighted by atomic mass is 19.1. The van der Waals surface area contributed by atoms with Gasteiger partial charge in [-0.1, -0.05) is 30.3 Å². The molecule has 7 heteroatoms. The normalized spacial score (nSPS) is 12.0. The van der Waals surface area contributed by atoms with Crippen LogP contribution in [-0.2, 0) is 6.42 Å². The average molecular weight is 390 g/mol. The fraction of sp³-hybridized carbons (Fsp3) is 0.136. The number of benzene rings is 2. The Labute approximate surface area is 167 Å². The molecule has 4 aromatic rings. The van der Waals surface area contributed by atoms with E-state index in [0.29, 0.717) is 29.1 Å². The minimum Gasteiger partial charge on any atom is -0.467 e. The quantitative estimate of drug-likeness (QED) is 0.541. The van der Waals surface area contributed by atoms with Gasteiger partial charge in [-0.2, -0.15) is 4.98 Å². The summed E-state index contributed by atoms with van der Waals surface area (Å²) >= 11 is 0. The Kier molecular flexibility index (Phi) is 5.31. The van der Waals surface area contributed by atoms with Gasteiger partial charge in [-0.25, -0.2) is 14.4 Å². The van der Waals surface area contributed by atoms with E-state index in [1.807, 2.05) is 30.3 Å². The lowest BCUT2D eigenvalue weighted by atomic mass is 10.1.